The van der Waals surface area contributed by atoms with Crippen LogP contribution in [0.25, 0.3) is 0 Å². The highest BCUT2D eigenvalue weighted by Crippen LogP contribution is 2.30. The predicted molar refractivity (Wildman–Crippen MR) is 101 cm³/mol. The van der Waals surface area contributed by atoms with E-state index < -0.39 is 0 Å². The SMILES string of the molecule is CCc1cc(N2CCC(Nc3ccc(Br)cc3[N+](=O)[O-])CC2)ncn1. The number of nitro groups is 1. The van der Waals surface area contributed by atoms with Crippen molar-refractivity contribution in [2.24, 2.45) is 0 Å². The number of benzene rings is 1. The van der Waals surface area contributed by atoms with Gasteiger partial charge < -0.3 is 10.2 Å². The Morgan fingerprint density at radius 2 is 2.08 bits per heavy atom. The summed E-state index contributed by atoms with van der Waals surface area (Å²) in [4.78, 5) is 21.7. The van der Waals surface area contributed by atoms with Crippen LogP contribution in [0.15, 0.2) is 35.1 Å². The van der Waals surface area contributed by atoms with E-state index in [1.54, 1.807) is 12.4 Å². The molecule has 25 heavy (non-hydrogen) atoms. The Balaban J connectivity index is 1.64. The van der Waals surface area contributed by atoms with Crippen LogP contribution in [0.3, 0.4) is 0 Å². The van der Waals surface area contributed by atoms with Crippen LogP contribution in [0.5, 0.6) is 0 Å². The van der Waals surface area contributed by atoms with Gasteiger partial charge in [0, 0.05) is 41.4 Å². The number of nitrogens with zero attached hydrogens (tertiary/aromatic N) is 4. The lowest BCUT2D eigenvalue weighted by Crippen LogP contribution is -2.39. The van der Waals surface area contributed by atoms with Gasteiger partial charge in [0.15, 0.2) is 0 Å². The zero-order valence-corrected chi connectivity index (χ0v) is 15.6. The molecule has 0 aliphatic carbocycles. The molecule has 0 unspecified atom stereocenters. The summed E-state index contributed by atoms with van der Waals surface area (Å²) >= 11 is 3.28. The first-order valence-electron chi connectivity index (χ1n) is 8.33. The lowest BCUT2D eigenvalue weighted by Gasteiger charge is -2.33. The van der Waals surface area contributed by atoms with Crippen LogP contribution in [0, 0.1) is 10.1 Å². The molecule has 2 aromatic rings. The monoisotopic (exact) mass is 405 g/mol. The van der Waals surface area contributed by atoms with Gasteiger partial charge >= 0.3 is 0 Å². The molecule has 1 aliphatic heterocycles. The van der Waals surface area contributed by atoms with E-state index in [4.69, 9.17) is 0 Å². The van der Waals surface area contributed by atoms with Crippen LogP contribution < -0.4 is 10.2 Å². The normalized spacial score (nSPS) is 15.2. The van der Waals surface area contributed by atoms with E-state index in [0.29, 0.717) is 10.2 Å². The average molecular weight is 406 g/mol. The summed E-state index contributed by atoms with van der Waals surface area (Å²) in [5, 5.41) is 14.6. The lowest BCUT2D eigenvalue weighted by atomic mass is 10.0. The quantitative estimate of drug-likeness (QED) is 0.601. The molecule has 3 rings (SSSR count). The van der Waals surface area contributed by atoms with E-state index in [-0.39, 0.29) is 16.7 Å². The number of hydrogen-bond acceptors (Lipinski definition) is 6. The van der Waals surface area contributed by atoms with Crippen molar-refractivity contribution >= 4 is 33.1 Å². The van der Waals surface area contributed by atoms with Gasteiger partial charge in [0.05, 0.1) is 4.92 Å². The third-order valence-corrected chi connectivity index (χ3v) is 4.90. The largest absolute Gasteiger partial charge is 0.377 e. The molecule has 1 aliphatic rings. The van der Waals surface area contributed by atoms with E-state index in [0.717, 1.165) is 43.9 Å². The van der Waals surface area contributed by atoms with Gasteiger partial charge in [0.1, 0.15) is 17.8 Å². The smallest absolute Gasteiger partial charge is 0.293 e. The number of nitro benzene ring substituents is 1. The van der Waals surface area contributed by atoms with Gasteiger partial charge in [-0.05, 0) is 31.4 Å². The molecular formula is C17H20BrN5O2. The van der Waals surface area contributed by atoms with Crippen molar-refractivity contribution in [2.75, 3.05) is 23.3 Å². The summed E-state index contributed by atoms with van der Waals surface area (Å²) in [6, 6.07) is 7.35. The first-order valence-corrected chi connectivity index (χ1v) is 9.12. The Hall–Kier alpha value is -2.22. The summed E-state index contributed by atoms with van der Waals surface area (Å²) in [6.07, 6.45) is 4.31. The molecule has 0 saturated carbocycles. The van der Waals surface area contributed by atoms with Crippen molar-refractivity contribution < 1.29 is 4.92 Å². The molecule has 2 heterocycles. The van der Waals surface area contributed by atoms with E-state index in [1.807, 2.05) is 12.1 Å². The predicted octanol–water partition coefficient (Wildman–Crippen LogP) is 3.79. The summed E-state index contributed by atoms with van der Waals surface area (Å²) in [5.41, 5.74) is 1.71. The van der Waals surface area contributed by atoms with Crippen LogP contribution in [0.2, 0.25) is 0 Å². The first kappa shape index (κ1) is 17.6. The second-order valence-corrected chi connectivity index (χ2v) is 6.96. The summed E-state index contributed by atoms with van der Waals surface area (Å²) in [6.45, 7) is 3.80. The topological polar surface area (TPSA) is 84.2 Å². The number of aryl methyl sites for hydroxylation is 1. The summed E-state index contributed by atoms with van der Waals surface area (Å²) < 4.78 is 0.704. The minimum absolute atomic E-state index is 0.0974. The van der Waals surface area contributed by atoms with Crippen molar-refractivity contribution in [1.82, 2.24) is 9.97 Å². The minimum atomic E-state index is -0.352. The molecule has 1 N–H and O–H groups in total. The molecule has 0 amide bonds. The van der Waals surface area contributed by atoms with Crippen molar-refractivity contribution in [2.45, 2.75) is 32.2 Å². The zero-order chi connectivity index (χ0) is 17.8. The van der Waals surface area contributed by atoms with Crippen molar-refractivity contribution in [1.29, 1.82) is 0 Å². The number of halogens is 1. The zero-order valence-electron chi connectivity index (χ0n) is 14.0. The molecule has 0 atom stereocenters. The molecule has 0 bridgehead atoms. The number of hydrogen-bond donors (Lipinski definition) is 1. The first-order chi connectivity index (χ1) is 12.1. The van der Waals surface area contributed by atoms with Crippen LogP contribution in [0.1, 0.15) is 25.5 Å². The van der Waals surface area contributed by atoms with Gasteiger partial charge in [0.25, 0.3) is 5.69 Å². The molecule has 1 aromatic heterocycles. The third kappa shape index (κ3) is 4.25. The Morgan fingerprint density at radius 3 is 2.76 bits per heavy atom. The van der Waals surface area contributed by atoms with Gasteiger partial charge in [-0.3, -0.25) is 10.1 Å². The third-order valence-electron chi connectivity index (χ3n) is 4.41. The van der Waals surface area contributed by atoms with Gasteiger partial charge in [-0.1, -0.05) is 22.9 Å². The Labute approximate surface area is 154 Å². The maximum Gasteiger partial charge on any atom is 0.293 e. The number of nitrogens with one attached hydrogen (secondary N) is 1. The second kappa shape index (κ2) is 7.77. The fraction of sp³-hybridized carbons (Fsp3) is 0.412. The molecule has 1 aromatic carbocycles. The maximum atomic E-state index is 11.2. The van der Waals surface area contributed by atoms with Gasteiger partial charge in [-0.15, -0.1) is 0 Å². The van der Waals surface area contributed by atoms with E-state index >= 15 is 0 Å². The number of aromatic nitrogens is 2. The number of rotatable bonds is 5. The molecule has 1 saturated heterocycles. The summed E-state index contributed by atoms with van der Waals surface area (Å²) in [7, 11) is 0. The fourth-order valence-electron chi connectivity index (χ4n) is 3.00. The maximum absolute atomic E-state index is 11.2. The second-order valence-electron chi connectivity index (χ2n) is 6.05. The van der Waals surface area contributed by atoms with E-state index in [9.17, 15) is 10.1 Å². The van der Waals surface area contributed by atoms with Crippen LogP contribution in [0.4, 0.5) is 17.2 Å². The van der Waals surface area contributed by atoms with Gasteiger partial charge in [-0.2, -0.15) is 0 Å². The highest BCUT2D eigenvalue weighted by Gasteiger charge is 2.23. The molecule has 7 nitrogen and oxygen atoms in total. The number of piperidine rings is 1. The lowest BCUT2D eigenvalue weighted by molar-refractivity contribution is -0.384. The number of anilines is 2. The van der Waals surface area contributed by atoms with Crippen LogP contribution >= 0.6 is 15.9 Å². The van der Waals surface area contributed by atoms with Gasteiger partial charge in [-0.25, -0.2) is 9.97 Å². The van der Waals surface area contributed by atoms with Crippen molar-refractivity contribution in [3.8, 4) is 0 Å². The minimum Gasteiger partial charge on any atom is -0.377 e. The highest BCUT2D eigenvalue weighted by molar-refractivity contribution is 9.10. The fourth-order valence-corrected chi connectivity index (χ4v) is 3.35. The molecular weight excluding hydrogens is 386 g/mol. The molecule has 0 radical (unpaired) electrons. The highest BCUT2D eigenvalue weighted by atomic mass is 79.9. The van der Waals surface area contributed by atoms with Crippen LogP contribution in [-0.2, 0) is 6.42 Å². The Kier molecular flexibility index (Phi) is 5.47. The molecule has 0 spiro atoms. The van der Waals surface area contributed by atoms with E-state index in [2.05, 4.69) is 43.0 Å². The average Bonchev–Trinajstić information content (AvgIpc) is 2.63. The van der Waals surface area contributed by atoms with Crippen LogP contribution in [-0.4, -0.2) is 34.0 Å². The Bertz CT molecular complexity index is 762. The molecule has 132 valence electrons. The molecule has 8 heteroatoms. The van der Waals surface area contributed by atoms with E-state index in [1.165, 1.54) is 6.07 Å². The summed E-state index contributed by atoms with van der Waals surface area (Å²) in [5.74, 6) is 0.958. The Morgan fingerprint density at radius 1 is 1.32 bits per heavy atom. The van der Waals surface area contributed by atoms with Crippen molar-refractivity contribution in [3.63, 3.8) is 0 Å². The standard InChI is InChI=1S/C17H20BrN5O2/c1-2-13-10-17(20-11-19-13)22-7-5-14(6-8-22)21-15-4-3-12(18)9-16(15)23(24)25/h3-4,9-11,14,21H,2,5-8H2,1H3. The van der Waals surface area contributed by atoms with Gasteiger partial charge in [0.2, 0.25) is 0 Å². The van der Waals surface area contributed by atoms with Crippen molar-refractivity contribution in [3.05, 3.63) is 50.9 Å². The molecule has 1 fully saturated rings.